The van der Waals surface area contributed by atoms with E-state index in [0.29, 0.717) is 50.1 Å². The zero-order valence-corrected chi connectivity index (χ0v) is 17.0. The zero-order chi connectivity index (χ0) is 21.1. The Morgan fingerprint density at radius 1 is 1.17 bits per heavy atom. The van der Waals surface area contributed by atoms with Crippen LogP contribution >= 0.6 is 0 Å². The van der Waals surface area contributed by atoms with Gasteiger partial charge in [-0.3, -0.25) is 14.9 Å². The Kier molecular flexibility index (Phi) is 5.74. The lowest BCUT2D eigenvalue weighted by molar-refractivity contribution is -0.384. The number of carbonyl (C=O) groups excluding carboxylic acids is 1. The number of benzene rings is 2. The molecule has 1 aliphatic heterocycles. The number of carbonyl (C=O) groups is 1. The molecule has 0 radical (unpaired) electrons. The van der Waals surface area contributed by atoms with Crippen LogP contribution in [-0.2, 0) is 0 Å². The summed E-state index contributed by atoms with van der Waals surface area (Å²) in [7, 11) is 0. The number of hydrogen-bond donors (Lipinski definition) is 1. The number of ether oxygens (including phenoxy) is 1. The van der Waals surface area contributed by atoms with Crippen molar-refractivity contribution < 1.29 is 14.5 Å². The second-order valence-corrected chi connectivity index (χ2v) is 7.59. The van der Waals surface area contributed by atoms with E-state index in [4.69, 9.17) is 4.74 Å². The third kappa shape index (κ3) is 4.32. The molecule has 158 valence electrons. The van der Waals surface area contributed by atoms with E-state index in [1.54, 1.807) is 17.0 Å². The van der Waals surface area contributed by atoms with Crippen molar-refractivity contribution in [2.45, 2.75) is 25.8 Å². The number of nitrogens with zero attached hydrogens (tertiary/aromatic N) is 3. The predicted octanol–water partition coefficient (Wildman–Crippen LogP) is 3.53. The number of para-hydroxylation sites is 2. The molecule has 1 heterocycles. The Hall–Kier alpha value is -3.29. The van der Waals surface area contributed by atoms with Crippen molar-refractivity contribution in [2.75, 3.05) is 43.0 Å². The fourth-order valence-electron chi connectivity index (χ4n) is 3.71. The van der Waals surface area contributed by atoms with E-state index in [-0.39, 0.29) is 11.6 Å². The van der Waals surface area contributed by atoms with Crippen LogP contribution in [0.4, 0.5) is 17.1 Å². The highest BCUT2D eigenvalue weighted by Gasteiger charge is 2.28. The van der Waals surface area contributed by atoms with E-state index >= 15 is 0 Å². The lowest BCUT2D eigenvalue weighted by atomic mass is 10.1. The van der Waals surface area contributed by atoms with Crippen molar-refractivity contribution in [1.82, 2.24) is 4.90 Å². The molecule has 0 unspecified atom stereocenters. The van der Waals surface area contributed by atoms with Gasteiger partial charge in [0.05, 0.1) is 17.2 Å². The van der Waals surface area contributed by atoms with Crippen LogP contribution < -0.4 is 15.0 Å². The lowest BCUT2D eigenvalue weighted by Crippen LogP contribution is -2.48. The van der Waals surface area contributed by atoms with Crippen molar-refractivity contribution in [2.24, 2.45) is 0 Å². The number of anilines is 2. The van der Waals surface area contributed by atoms with Crippen LogP contribution in [0, 0.1) is 10.1 Å². The summed E-state index contributed by atoms with van der Waals surface area (Å²) in [6, 6.07) is 12.9. The smallest absolute Gasteiger partial charge is 0.293 e. The Labute approximate surface area is 175 Å². The van der Waals surface area contributed by atoms with Gasteiger partial charge in [-0.15, -0.1) is 0 Å². The Morgan fingerprint density at radius 3 is 2.57 bits per heavy atom. The normalized spacial score (nSPS) is 16.3. The minimum Gasteiger partial charge on any atom is -0.492 e. The maximum atomic E-state index is 13.0. The first-order chi connectivity index (χ1) is 14.6. The maximum absolute atomic E-state index is 13.0. The molecule has 1 amide bonds. The Balaban J connectivity index is 1.44. The molecule has 0 spiro atoms. The number of rotatable bonds is 7. The highest BCUT2D eigenvalue weighted by atomic mass is 16.6. The Bertz CT molecular complexity index is 936. The summed E-state index contributed by atoms with van der Waals surface area (Å²) in [5.41, 5.74) is 1.82. The third-order valence-electron chi connectivity index (χ3n) is 5.45. The zero-order valence-electron chi connectivity index (χ0n) is 17.0. The van der Waals surface area contributed by atoms with Crippen LogP contribution in [0.1, 0.15) is 30.1 Å². The molecular weight excluding hydrogens is 384 g/mol. The second-order valence-electron chi connectivity index (χ2n) is 7.59. The molecule has 1 N–H and O–H groups in total. The van der Waals surface area contributed by atoms with Gasteiger partial charge in [-0.2, -0.15) is 0 Å². The van der Waals surface area contributed by atoms with Gasteiger partial charge in [0.15, 0.2) is 0 Å². The van der Waals surface area contributed by atoms with E-state index in [0.717, 1.165) is 24.3 Å². The van der Waals surface area contributed by atoms with Gasteiger partial charge in [-0.05, 0) is 44.0 Å². The minimum absolute atomic E-state index is 0.0444. The standard InChI is InChI=1S/C22H26N4O4/c1-2-30-21-6-4-3-5-19(21)24-11-13-25(14-12-24)22(27)16-7-10-18(23-17-8-9-17)20(15-16)26(28)29/h3-7,10,15,17,23H,2,8-9,11-14H2,1H3. The molecule has 8 nitrogen and oxygen atoms in total. The molecule has 0 atom stereocenters. The summed E-state index contributed by atoms with van der Waals surface area (Å²) >= 11 is 0. The highest BCUT2D eigenvalue weighted by Crippen LogP contribution is 2.32. The molecule has 0 aromatic heterocycles. The van der Waals surface area contributed by atoms with E-state index in [1.807, 2.05) is 31.2 Å². The summed E-state index contributed by atoms with van der Waals surface area (Å²) in [4.78, 5) is 28.0. The molecule has 30 heavy (non-hydrogen) atoms. The SMILES string of the molecule is CCOc1ccccc1N1CCN(C(=O)c2ccc(NC3CC3)c([N+](=O)[O-])c2)CC1. The van der Waals surface area contributed by atoms with Gasteiger partial charge in [0.2, 0.25) is 0 Å². The molecule has 1 saturated carbocycles. The summed E-state index contributed by atoms with van der Waals surface area (Å²) in [5.74, 6) is 0.669. The van der Waals surface area contributed by atoms with E-state index in [2.05, 4.69) is 10.2 Å². The van der Waals surface area contributed by atoms with Crippen LogP contribution in [0.5, 0.6) is 5.75 Å². The van der Waals surface area contributed by atoms with Crippen molar-refractivity contribution >= 4 is 23.0 Å². The number of piperazine rings is 1. The average molecular weight is 410 g/mol. The fourth-order valence-corrected chi connectivity index (χ4v) is 3.71. The molecule has 8 heteroatoms. The maximum Gasteiger partial charge on any atom is 0.293 e. The molecule has 2 fully saturated rings. The largest absolute Gasteiger partial charge is 0.492 e. The van der Waals surface area contributed by atoms with Crippen molar-refractivity contribution in [1.29, 1.82) is 0 Å². The topological polar surface area (TPSA) is 88.0 Å². The van der Waals surface area contributed by atoms with E-state index in [9.17, 15) is 14.9 Å². The third-order valence-corrected chi connectivity index (χ3v) is 5.45. The Morgan fingerprint density at radius 2 is 1.90 bits per heavy atom. The first-order valence-corrected chi connectivity index (χ1v) is 10.4. The fraction of sp³-hybridized carbons (Fsp3) is 0.409. The highest BCUT2D eigenvalue weighted by molar-refractivity contribution is 5.96. The quantitative estimate of drug-likeness (QED) is 0.555. The summed E-state index contributed by atoms with van der Waals surface area (Å²) in [5, 5.41) is 14.6. The van der Waals surface area contributed by atoms with Gasteiger partial charge in [-0.25, -0.2) is 0 Å². The van der Waals surface area contributed by atoms with Crippen molar-refractivity contribution in [3.05, 3.63) is 58.1 Å². The van der Waals surface area contributed by atoms with Gasteiger partial charge >= 0.3 is 0 Å². The number of amides is 1. The van der Waals surface area contributed by atoms with Gasteiger partial charge in [0.25, 0.3) is 11.6 Å². The van der Waals surface area contributed by atoms with Gasteiger partial charge in [0, 0.05) is 43.9 Å². The monoisotopic (exact) mass is 410 g/mol. The van der Waals surface area contributed by atoms with Crippen LogP contribution in [0.3, 0.4) is 0 Å². The molecule has 2 aliphatic rings. The van der Waals surface area contributed by atoms with Gasteiger partial charge in [-0.1, -0.05) is 12.1 Å². The van der Waals surface area contributed by atoms with Crippen LogP contribution in [-0.4, -0.2) is 54.6 Å². The predicted molar refractivity (Wildman–Crippen MR) is 115 cm³/mol. The van der Waals surface area contributed by atoms with E-state index < -0.39 is 4.92 Å². The van der Waals surface area contributed by atoms with Crippen molar-refractivity contribution in [3.8, 4) is 5.75 Å². The molecule has 0 bridgehead atoms. The van der Waals surface area contributed by atoms with E-state index in [1.165, 1.54) is 6.07 Å². The number of nitrogens with one attached hydrogen (secondary N) is 1. The minimum atomic E-state index is -0.426. The molecule has 4 rings (SSSR count). The molecular formula is C22H26N4O4. The average Bonchev–Trinajstić information content (AvgIpc) is 3.58. The summed E-state index contributed by atoms with van der Waals surface area (Å²) in [6.07, 6.45) is 2.04. The summed E-state index contributed by atoms with van der Waals surface area (Å²) < 4.78 is 5.72. The second kappa shape index (κ2) is 8.61. The van der Waals surface area contributed by atoms with Gasteiger partial charge < -0.3 is 19.9 Å². The first-order valence-electron chi connectivity index (χ1n) is 10.4. The first kappa shape index (κ1) is 20.0. The molecule has 1 aliphatic carbocycles. The lowest BCUT2D eigenvalue weighted by Gasteiger charge is -2.36. The van der Waals surface area contributed by atoms with Crippen LogP contribution in [0.15, 0.2) is 42.5 Å². The van der Waals surface area contributed by atoms with Crippen LogP contribution in [0.25, 0.3) is 0 Å². The number of hydrogen-bond acceptors (Lipinski definition) is 6. The van der Waals surface area contributed by atoms with Gasteiger partial charge in [0.1, 0.15) is 11.4 Å². The number of nitro benzene ring substituents is 1. The molecule has 1 saturated heterocycles. The number of nitro groups is 1. The molecule has 2 aromatic carbocycles. The van der Waals surface area contributed by atoms with Crippen molar-refractivity contribution in [3.63, 3.8) is 0 Å². The molecule has 2 aromatic rings. The van der Waals surface area contributed by atoms with Crippen LogP contribution in [0.2, 0.25) is 0 Å². The summed E-state index contributed by atoms with van der Waals surface area (Å²) in [6.45, 7) is 5.01.